The fraction of sp³-hybridized carbons (Fsp3) is 0.300. The Labute approximate surface area is 167 Å². The van der Waals surface area contributed by atoms with Gasteiger partial charge in [-0.1, -0.05) is 12.1 Å². The van der Waals surface area contributed by atoms with Gasteiger partial charge in [0.05, 0.1) is 26.5 Å². The van der Waals surface area contributed by atoms with Crippen LogP contribution in [0.2, 0.25) is 0 Å². The van der Waals surface area contributed by atoms with Crippen LogP contribution in [0.4, 0.5) is 5.95 Å². The van der Waals surface area contributed by atoms with E-state index in [2.05, 4.69) is 20.3 Å². The number of amides is 1. The van der Waals surface area contributed by atoms with Crippen molar-refractivity contribution < 1.29 is 19.4 Å². The molecule has 4 N–H and O–H groups in total. The van der Waals surface area contributed by atoms with Gasteiger partial charge in [0.1, 0.15) is 34.0 Å². The molecule has 9 nitrogen and oxygen atoms in total. The number of carbonyl (C=O) groups is 1. The Bertz CT molecular complexity index is 1060. The number of hydrogen-bond donors (Lipinski definition) is 3. The molecule has 0 radical (unpaired) electrons. The van der Waals surface area contributed by atoms with Gasteiger partial charge in [-0.2, -0.15) is 0 Å². The van der Waals surface area contributed by atoms with E-state index in [1.165, 1.54) is 14.2 Å². The Morgan fingerprint density at radius 1 is 1.10 bits per heavy atom. The van der Waals surface area contributed by atoms with Crippen LogP contribution in [-0.4, -0.2) is 40.2 Å². The van der Waals surface area contributed by atoms with Gasteiger partial charge in [-0.3, -0.25) is 4.79 Å². The van der Waals surface area contributed by atoms with Gasteiger partial charge in [0.15, 0.2) is 0 Å². The second kappa shape index (κ2) is 7.88. The molecule has 3 rings (SSSR count). The summed E-state index contributed by atoms with van der Waals surface area (Å²) < 4.78 is 10.6. The Kier molecular flexibility index (Phi) is 5.51. The van der Waals surface area contributed by atoms with Gasteiger partial charge >= 0.3 is 0 Å². The molecular formula is C20H23N5O4. The van der Waals surface area contributed by atoms with Gasteiger partial charge in [0.25, 0.3) is 5.91 Å². The monoisotopic (exact) mass is 397 g/mol. The molecule has 0 fully saturated rings. The number of aliphatic hydroxyl groups is 1. The molecule has 2 aromatic heterocycles. The van der Waals surface area contributed by atoms with Crippen LogP contribution in [0.15, 0.2) is 30.3 Å². The zero-order valence-corrected chi connectivity index (χ0v) is 16.7. The first kappa shape index (κ1) is 20.3. The highest BCUT2D eigenvalue weighted by Gasteiger charge is 2.21. The second-order valence-electron chi connectivity index (χ2n) is 6.87. The molecule has 0 saturated heterocycles. The molecule has 9 heteroatoms. The lowest BCUT2D eigenvalue weighted by Gasteiger charge is -2.19. The lowest BCUT2D eigenvalue weighted by atomic mass is 10.0. The largest absolute Gasteiger partial charge is 0.495 e. The van der Waals surface area contributed by atoms with Crippen LogP contribution in [0, 0.1) is 0 Å². The highest BCUT2D eigenvalue weighted by Crippen LogP contribution is 2.26. The van der Waals surface area contributed by atoms with Crippen LogP contribution in [-0.2, 0) is 12.1 Å². The molecular weight excluding hydrogens is 374 g/mol. The summed E-state index contributed by atoms with van der Waals surface area (Å²) in [5.41, 5.74) is 6.18. The second-order valence-corrected chi connectivity index (χ2v) is 6.87. The van der Waals surface area contributed by atoms with E-state index in [1.54, 1.807) is 44.2 Å². The lowest BCUT2D eigenvalue weighted by molar-refractivity contribution is 0.0735. The van der Waals surface area contributed by atoms with Crippen molar-refractivity contribution in [3.63, 3.8) is 0 Å². The SMILES string of the molecule is COc1ccc(C(C)(C)O)nc1CNC(=O)c1nc(N)nc2c(OC)cccc12. The number of ether oxygens (including phenoxy) is 2. The first-order chi connectivity index (χ1) is 13.7. The molecule has 1 amide bonds. The molecule has 152 valence electrons. The molecule has 0 aliphatic carbocycles. The number of anilines is 1. The van der Waals surface area contributed by atoms with Gasteiger partial charge in [-0.15, -0.1) is 0 Å². The normalized spacial score (nSPS) is 11.3. The van der Waals surface area contributed by atoms with Crippen LogP contribution in [0.1, 0.15) is 35.7 Å². The van der Waals surface area contributed by atoms with E-state index in [0.29, 0.717) is 33.8 Å². The molecule has 2 heterocycles. The minimum atomic E-state index is -1.13. The van der Waals surface area contributed by atoms with Gasteiger partial charge in [-0.05, 0) is 32.0 Å². The van der Waals surface area contributed by atoms with E-state index in [9.17, 15) is 9.90 Å². The van der Waals surface area contributed by atoms with Crippen LogP contribution >= 0.6 is 0 Å². The van der Waals surface area contributed by atoms with Crippen molar-refractivity contribution in [3.8, 4) is 11.5 Å². The number of fused-ring (bicyclic) bond motifs is 1. The number of nitrogens with zero attached hydrogens (tertiary/aromatic N) is 3. The maximum absolute atomic E-state index is 12.8. The van der Waals surface area contributed by atoms with Crippen molar-refractivity contribution in [2.75, 3.05) is 20.0 Å². The van der Waals surface area contributed by atoms with E-state index < -0.39 is 11.5 Å². The highest BCUT2D eigenvalue weighted by molar-refractivity contribution is 6.05. The maximum atomic E-state index is 12.8. The fourth-order valence-electron chi connectivity index (χ4n) is 2.87. The predicted molar refractivity (Wildman–Crippen MR) is 108 cm³/mol. The first-order valence-corrected chi connectivity index (χ1v) is 8.89. The predicted octanol–water partition coefficient (Wildman–Crippen LogP) is 1.78. The number of nitrogens with one attached hydrogen (secondary N) is 1. The number of hydrogen-bond acceptors (Lipinski definition) is 8. The summed E-state index contributed by atoms with van der Waals surface area (Å²) in [6.45, 7) is 3.34. The number of aromatic nitrogens is 3. The molecule has 0 bridgehead atoms. The van der Waals surface area contributed by atoms with Crippen molar-refractivity contribution in [2.45, 2.75) is 26.0 Å². The molecule has 1 aromatic carbocycles. The van der Waals surface area contributed by atoms with Crippen LogP contribution in [0.5, 0.6) is 11.5 Å². The number of para-hydroxylation sites is 1. The van der Waals surface area contributed by atoms with Gasteiger partial charge in [0.2, 0.25) is 5.95 Å². The van der Waals surface area contributed by atoms with Crippen LogP contribution < -0.4 is 20.5 Å². The van der Waals surface area contributed by atoms with Crippen LogP contribution in [0.3, 0.4) is 0 Å². The van der Waals surface area contributed by atoms with Crippen molar-refractivity contribution in [2.24, 2.45) is 0 Å². The molecule has 29 heavy (non-hydrogen) atoms. The highest BCUT2D eigenvalue weighted by atomic mass is 16.5. The quantitative estimate of drug-likeness (QED) is 0.573. The Morgan fingerprint density at radius 3 is 2.48 bits per heavy atom. The summed E-state index contributed by atoms with van der Waals surface area (Å²) in [4.78, 5) is 25.5. The number of nitrogen functional groups attached to an aromatic ring is 1. The Balaban J connectivity index is 1.92. The van der Waals surface area contributed by atoms with Crippen molar-refractivity contribution in [1.29, 1.82) is 0 Å². The smallest absolute Gasteiger partial charge is 0.271 e. The topological polar surface area (TPSA) is 132 Å². The number of rotatable bonds is 6. The number of benzene rings is 1. The van der Waals surface area contributed by atoms with E-state index in [0.717, 1.165) is 0 Å². The third kappa shape index (κ3) is 4.19. The summed E-state index contributed by atoms with van der Waals surface area (Å²) >= 11 is 0. The van der Waals surface area contributed by atoms with Crippen molar-refractivity contribution in [1.82, 2.24) is 20.3 Å². The average molecular weight is 397 g/mol. The minimum absolute atomic E-state index is 0.0353. The summed E-state index contributed by atoms with van der Waals surface area (Å²) in [5.74, 6) is 0.501. The standard InChI is InChI=1S/C20H23N5O4/c1-20(2,27)15-9-8-13(28-3)12(23-15)10-22-18(26)17-11-6-5-7-14(29-4)16(11)24-19(21)25-17/h5-9,27H,10H2,1-4H3,(H,22,26)(H2,21,24,25). The maximum Gasteiger partial charge on any atom is 0.271 e. The summed E-state index contributed by atoms with van der Waals surface area (Å²) in [5, 5.41) is 13.5. The Hall–Kier alpha value is -3.46. The molecule has 0 spiro atoms. The summed E-state index contributed by atoms with van der Waals surface area (Å²) in [6, 6.07) is 8.57. The third-order valence-electron chi connectivity index (χ3n) is 4.34. The minimum Gasteiger partial charge on any atom is -0.495 e. The average Bonchev–Trinajstić information content (AvgIpc) is 2.69. The lowest BCUT2D eigenvalue weighted by Crippen LogP contribution is -2.26. The van der Waals surface area contributed by atoms with Gasteiger partial charge < -0.3 is 25.6 Å². The van der Waals surface area contributed by atoms with Crippen molar-refractivity contribution in [3.05, 3.63) is 47.4 Å². The molecule has 0 aliphatic rings. The van der Waals surface area contributed by atoms with E-state index in [4.69, 9.17) is 15.2 Å². The zero-order valence-electron chi connectivity index (χ0n) is 16.7. The Morgan fingerprint density at radius 2 is 1.83 bits per heavy atom. The molecule has 0 atom stereocenters. The van der Waals surface area contributed by atoms with E-state index in [1.807, 2.05) is 0 Å². The zero-order chi connectivity index (χ0) is 21.2. The molecule has 0 aliphatic heterocycles. The molecule has 0 saturated carbocycles. The molecule has 3 aromatic rings. The number of carbonyl (C=O) groups excluding carboxylic acids is 1. The third-order valence-corrected chi connectivity index (χ3v) is 4.34. The van der Waals surface area contributed by atoms with Gasteiger partial charge in [-0.25, -0.2) is 15.0 Å². The number of nitrogens with two attached hydrogens (primary N) is 1. The number of pyridine rings is 1. The van der Waals surface area contributed by atoms with E-state index in [-0.39, 0.29) is 18.2 Å². The van der Waals surface area contributed by atoms with E-state index >= 15 is 0 Å². The molecule has 0 unspecified atom stereocenters. The number of methoxy groups -OCH3 is 2. The fourth-order valence-corrected chi connectivity index (χ4v) is 2.87. The summed E-state index contributed by atoms with van der Waals surface area (Å²) in [6.07, 6.45) is 0. The summed E-state index contributed by atoms with van der Waals surface area (Å²) in [7, 11) is 3.03. The van der Waals surface area contributed by atoms with Gasteiger partial charge in [0, 0.05) is 5.39 Å². The first-order valence-electron chi connectivity index (χ1n) is 8.89. The van der Waals surface area contributed by atoms with Crippen molar-refractivity contribution >= 4 is 22.8 Å². The van der Waals surface area contributed by atoms with Crippen LogP contribution in [0.25, 0.3) is 10.9 Å².